The van der Waals surface area contributed by atoms with Crippen LogP contribution >= 0.6 is 0 Å². The first kappa shape index (κ1) is 23.9. The molecule has 2 aromatic carbocycles. The number of nitrogens with zero attached hydrogens (tertiary/aromatic N) is 3. The summed E-state index contributed by atoms with van der Waals surface area (Å²) in [5.41, 5.74) is 15.0. The Morgan fingerprint density at radius 3 is 2.63 bits per heavy atom. The Balaban J connectivity index is 1.70. The molecule has 0 saturated carbocycles. The van der Waals surface area contributed by atoms with Crippen LogP contribution in [-0.4, -0.2) is 40.0 Å². The summed E-state index contributed by atoms with van der Waals surface area (Å²) >= 11 is 0. The summed E-state index contributed by atoms with van der Waals surface area (Å²) < 4.78 is 18.3. The lowest BCUT2D eigenvalue weighted by molar-refractivity contribution is 0.273. The molecule has 2 atom stereocenters. The van der Waals surface area contributed by atoms with Gasteiger partial charge in [-0.15, -0.1) is 0 Å². The maximum absolute atomic E-state index is 12.7. The van der Waals surface area contributed by atoms with Crippen LogP contribution in [0.1, 0.15) is 41.6 Å². The number of alkyl halides is 1. The van der Waals surface area contributed by atoms with Crippen molar-refractivity contribution < 1.29 is 14.2 Å². The van der Waals surface area contributed by atoms with E-state index in [0.29, 0.717) is 23.0 Å². The fourth-order valence-electron chi connectivity index (χ4n) is 3.61. The summed E-state index contributed by atoms with van der Waals surface area (Å²) in [6, 6.07) is 12.5. The molecule has 11 heteroatoms. The second-order valence-corrected chi connectivity index (χ2v) is 7.86. The number of halogens is 1. The van der Waals surface area contributed by atoms with Crippen molar-refractivity contribution in [3.05, 3.63) is 77.4 Å². The third kappa shape index (κ3) is 5.82. The van der Waals surface area contributed by atoms with Gasteiger partial charge in [0.15, 0.2) is 17.7 Å². The average Bonchev–Trinajstić information content (AvgIpc) is 3.36. The van der Waals surface area contributed by atoms with Gasteiger partial charge < -0.3 is 26.3 Å². The Kier molecular flexibility index (Phi) is 7.36. The first-order valence-corrected chi connectivity index (χ1v) is 11.1. The minimum atomic E-state index is -0.581. The molecular weight excluding hydrogens is 451 g/mol. The highest BCUT2D eigenvalue weighted by Gasteiger charge is 2.28. The highest BCUT2D eigenvalue weighted by molar-refractivity contribution is 5.95. The first-order chi connectivity index (χ1) is 17.0. The Labute approximate surface area is 202 Å². The van der Waals surface area contributed by atoms with E-state index in [2.05, 4.69) is 26.1 Å². The molecule has 1 aliphatic rings. The first-order valence-electron chi connectivity index (χ1n) is 11.1. The lowest BCUT2D eigenvalue weighted by atomic mass is 10.0. The number of aromatic hydroxyl groups is 1. The molecule has 4 rings (SSSR count). The molecule has 0 bridgehead atoms. The minimum absolute atomic E-state index is 0.0128. The van der Waals surface area contributed by atoms with Crippen molar-refractivity contribution in [3.63, 3.8) is 0 Å². The second kappa shape index (κ2) is 10.8. The van der Waals surface area contributed by atoms with E-state index in [1.54, 1.807) is 12.1 Å². The number of aryl methyl sites for hydroxylation is 1. The van der Waals surface area contributed by atoms with Gasteiger partial charge in [-0.05, 0) is 53.9 Å². The summed E-state index contributed by atoms with van der Waals surface area (Å²) in [7, 11) is 0. The third-order valence-electron chi connectivity index (χ3n) is 5.36. The monoisotopic (exact) mass is 478 g/mol. The fraction of sp³-hybridized carbons (Fsp3) is 0.250. The molecule has 0 saturated heterocycles. The molecule has 3 aromatic rings. The standard InChI is InChI=1S/C24H27FN8O2/c1-2-14-9-16(11-19(10-14)35-8-7-25)20(30-17-5-3-15(4-6-17)21(26)27)22-31-24(33-32-22)23-28-12-18(34)13-29-23/h3-6,9-13,20,24,30,33-34H,2,7-8H2,1H3,(H3,26,27)(H,31,32)/t20?,24-/m0/s1. The van der Waals surface area contributed by atoms with E-state index >= 15 is 0 Å². The highest BCUT2D eigenvalue weighted by atomic mass is 19.1. The SMILES string of the molecule is CCc1cc(OCCF)cc(C(Nc2ccc(C(=N)N)cc2)C2=N[C@H](c3ncc(O)cn3)NN2)c1. The summed E-state index contributed by atoms with van der Waals surface area (Å²) in [4.78, 5) is 13.0. The number of nitrogen functional groups attached to an aromatic ring is 1. The van der Waals surface area contributed by atoms with Gasteiger partial charge in [-0.25, -0.2) is 24.8 Å². The molecule has 1 aliphatic heterocycles. The number of amidine groups is 2. The van der Waals surface area contributed by atoms with Crippen LogP contribution in [-0.2, 0) is 6.42 Å². The highest BCUT2D eigenvalue weighted by Crippen LogP contribution is 2.29. The van der Waals surface area contributed by atoms with E-state index < -0.39 is 18.9 Å². The summed E-state index contributed by atoms with van der Waals surface area (Å²) in [5.74, 6) is 1.49. The van der Waals surface area contributed by atoms with Crippen molar-refractivity contribution in [1.82, 2.24) is 20.8 Å². The number of anilines is 1. The number of hydrogen-bond acceptors (Lipinski definition) is 9. The number of hydrazine groups is 1. The van der Waals surface area contributed by atoms with Gasteiger partial charge in [0, 0.05) is 11.3 Å². The van der Waals surface area contributed by atoms with Gasteiger partial charge in [-0.3, -0.25) is 5.41 Å². The molecule has 7 N–H and O–H groups in total. The largest absolute Gasteiger partial charge is 0.505 e. The molecule has 0 fully saturated rings. The number of nitrogens with two attached hydrogens (primary N) is 1. The van der Waals surface area contributed by atoms with Gasteiger partial charge in [-0.2, -0.15) is 0 Å². The molecule has 35 heavy (non-hydrogen) atoms. The van der Waals surface area contributed by atoms with Crippen LogP contribution in [0.3, 0.4) is 0 Å². The molecule has 0 amide bonds. The van der Waals surface area contributed by atoms with Gasteiger partial charge in [0.2, 0.25) is 0 Å². The lowest BCUT2D eigenvalue weighted by Gasteiger charge is -2.22. The zero-order valence-electron chi connectivity index (χ0n) is 19.1. The quantitative estimate of drug-likeness (QED) is 0.192. The van der Waals surface area contributed by atoms with Crippen LogP contribution in [0.5, 0.6) is 11.5 Å². The predicted molar refractivity (Wildman–Crippen MR) is 131 cm³/mol. The predicted octanol–water partition coefficient (Wildman–Crippen LogP) is 2.74. The second-order valence-electron chi connectivity index (χ2n) is 7.86. The zero-order valence-corrected chi connectivity index (χ0v) is 19.1. The van der Waals surface area contributed by atoms with E-state index in [9.17, 15) is 9.50 Å². The van der Waals surface area contributed by atoms with E-state index in [4.69, 9.17) is 20.9 Å². The fourth-order valence-corrected chi connectivity index (χ4v) is 3.61. The van der Waals surface area contributed by atoms with E-state index in [-0.39, 0.29) is 18.2 Å². The summed E-state index contributed by atoms with van der Waals surface area (Å²) in [6.45, 7) is 1.42. The molecule has 0 spiro atoms. The molecular formula is C24H27FN8O2. The van der Waals surface area contributed by atoms with Crippen LogP contribution in [0.25, 0.3) is 0 Å². The topological polar surface area (TPSA) is 154 Å². The van der Waals surface area contributed by atoms with E-state index in [1.165, 1.54) is 12.4 Å². The van der Waals surface area contributed by atoms with Crippen molar-refractivity contribution in [1.29, 1.82) is 5.41 Å². The smallest absolute Gasteiger partial charge is 0.178 e. The zero-order chi connectivity index (χ0) is 24.8. The number of ether oxygens (including phenoxy) is 1. The maximum Gasteiger partial charge on any atom is 0.178 e. The van der Waals surface area contributed by atoms with Crippen molar-refractivity contribution in [3.8, 4) is 11.5 Å². The van der Waals surface area contributed by atoms with Crippen molar-refractivity contribution >= 4 is 17.4 Å². The number of rotatable bonds is 10. The molecule has 2 heterocycles. The van der Waals surface area contributed by atoms with Gasteiger partial charge in [0.1, 0.15) is 36.7 Å². The molecule has 1 aromatic heterocycles. The number of nitrogens with one attached hydrogen (secondary N) is 4. The number of hydrogen-bond donors (Lipinski definition) is 6. The molecule has 0 aliphatic carbocycles. The van der Waals surface area contributed by atoms with E-state index in [0.717, 1.165) is 23.2 Å². The van der Waals surface area contributed by atoms with Crippen LogP contribution in [0.15, 0.2) is 59.9 Å². The van der Waals surface area contributed by atoms with Crippen LogP contribution in [0, 0.1) is 5.41 Å². The molecule has 0 radical (unpaired) electrons. The summed E-state index contributed by atoms with van der Waals surface area (Å²) in [5, 5.41) is 20.6. The van der Waals surface area contributed by atoms with Gasteiger partial charge in [-0.1, -0.05) is 13.0 Å². The Morgan fingerprint density at radius 2 is 1.97 bits per heavy atom. The molecule has 182 valence electrons. The average molecular weight is 479 g/mol. The van der Waals surface area contributed by atoms with Gasteiger partial charge in [0.05, 0.1) is 12.4 Å². The lowest BCUT2D eigenvalue weighted by Crippen LogP contribution is -2.37. The number of aliphatic imine (C=N–C) groups is 1. The Morgan fingerprint density at radius 1 is 1.23 bits per heavy atom. The van der Waals surface area contributed by atoms with Crippen LogP contribution in [0.4, 0.5) is 10.1 Å². The normalized spacial score (nSPS) is 15.7. The summed E-state index contributed by atoms with van der Waals surface area (Å²) in [6.07, 6.45) is 2.82. The number of aromatic nitrogens is 2. The Hall–Kier alpha value is -4.25. The van der Waals surface area contributed by atoms with Crippen LogP contribution in [0.2, 0.25) is 0 Å². The third-order valence-corrected chi connectivity index (χ3v) is 5.36. The maximum atomic E-state index is 12.7. The van der Waals surface area contributed by atoms with Gasteiger partial charge >= 0.3 is 0 Å². The van der Waals surface area contributed by atoms with Crippen molar-refractivity contribution in [2.75, 3.05) is 18.6 Å². The molecule has 10 nitrogen and oxygen atoms in total. The minimum Gasteiger partial charge on any atom is -0.505 e. The van der Waals surface area contributed by atoms with Gasteiger partial charge in [0.25, 0.3) is 0 Å². The Bertz CT molecular complexity index is 1200. The molecule has 1 unspecified atom stereocenters. The van der Waals surface area contributed by atoms with Crippen molar-refractivity contribution in [2.45, 2.75) is 25.6 Å². The van der Waals surface area contributed by atoms with E-state index in [1.807, 2.05) is 37.3 Å². The number of benzene rings is 2. The van der Waals surface area contributed by atoms with Crippen LogP contribution < -0.4 is 26.6 Å². The van der Waals surface area contributed by atoms with Crippen molar-refractivity contribution in [2.24, 2.45) is 10.7 Å².